The van der Waals surface area contributed by atoms with Gasteiger partial charge in [-0.2, -0.15) is 0 Å². The second-order valence-corrected chi connectivity index (χ2v) is 5.87. The summed E-state index contributed by atoms with van der Waals surface area (Å²) in [6.45, 7) is 4.86. The number of ether oxygens (including phenoxy) is 2. The minimum absolute atomic E-state index is 0.000915. The molecular formula is C13H16Cl2N2O4. The SMILES string of the molecule is COc1c(Cl)cnc(C(=O)CNC(=O)OC(C)(C)C)c1Cl. The van der Waals surface area contributed by atoms with Crippen molar-refractivity contribution < 1.29 is 19.1 Å². The molecule has 1 N–H and O–H groups in total. The molecule has 21 heavy (non-hydrogen) atoms. The van der Waals surface area contributed by atoms with Crippen LogP contribution in [0, 0.1) is 0 Å². The number of methoxy groups -OCH3 is 1. The predicted octanol–water partition coefficient (Wildman–Crippen LogP) is 3.10. The molecule has 1 aromatic heterocycles. The monoisotopic (exact) mass is 334 g/mol. The number of ketones is 1. The average molecular weight is 335 g/mol. The van der Waals surface area contributed by atoms with Gasteiger partial charge >= 0.3 is 6.09 Å². The van der Waals surface area contributed by atoms with Gasteiger partial charge < -0.3 is 14.8 Å². The van der Waals surface area contributed by atoms with Crippen molar-refractivity contribution in [3.8, 4) is 5.75 Å². The summed E-state index contributed by atoms with van der Waals surface area (Å²) in [5.74, 6) is -0.324. The molecule has 1 heterocycles. The summed E-state index contributed by atoms with van der Waals surface area (Å²) in [6.07, 6.45) is 0.556. The molecule has 0 aliphatic rings. The van der Waals surface area contributed by atoms with Crippen LogP contribution in [0.25, 0.3) is 0 Å². The molecule has 0 aliphatic carbocycles. The van der Waals surface area contributed by atoms with Gasteiger partial charge in [-0.05, 0) is 20.8 Å². The Bertz CT molecular complexity index is 556. The number of aromatic nitrogens is 1. The van der Waals surface area contributed by atoms with Crippen molar-refractivity contribution in [2.24, 2.45) is 0 Å². The molecule has 0 atom stereocenters. The Labute approximate surface area is 132 Å². The highest BCUT2D eigenvalue weighted by Crippen LogP contribution is 2.33. The molecule has 1 amide bonds. The highest BCUT2D eigenvalue weighted by molar-refractivity contribution is 6.38. The molecule has 1 rings (SSSR count). The fourth-order valence-electron chi connectivity index (χ4n) is 1.38. The van der Waals surface area contributed by atoms with Crippen molar-refractivity contribution in [2.45, 2.75) is 26.4 Å². The highest BCUT2D eigenvalue weighted by Gasteiger charge is 2.21. The van der Waals surface area contributed by atoms with Gasteiger partial charge in [0.05, 0.1) is 19.9 Å². The Morgan fingerprint density at radius 3 is 2.48 bits per heavy atom. The van der Waals surface area contributed by atoms with Crippen LogP contribution in [-0.2, 0) is 4.74 Å². The largest absolute Gasteiger partial charge is 0.493 e. The van der Waals surface area contributed by atoms with Gasteiger partial charge in [-0.1, -0.05) is 23.2 Å². The molecule has 0 aliphatic heterocycles. The van der Waals surface area contributed by atoms with Gasteiger partial charge in [0, 0.05) is 0 Å². The molecule has 116 valence electrons. The molecule has 0 bridgehead atoms. The second kappa shape index (κ2) is 6.95. The van der Waals surface area contributed by atoms with Crippen LogP contribution in [0.5, 0.6) is 5.75 Å². The number of halogens is 2. The van der Waals surface area contributed by atoms with Crippen LogP contribution in [0.4, 0.5) is 4.79 Å². The lowest BCUT2D eigenvalue weighted by molar-refractivity contribution is 0.0520. The molecule has 0 aromatic carbocycles. The summed E-state index contributed by atoms with van der Waals surface area (Å²) in [5.41, 5.74) is -0.680. The second-order valence-electron chi connectivity index (χ2n) is 5.08. The zero-order chi connectivity index (χ0) is 16.2. The van der Waals surface area contributed by atoms with Gasteiger partial charge in [0.2, 0.25) is 5.78 Å². The quantitative estimate of drug-likeness (QED) is 0.856. The van der Waals surface area contributed by atoms with E-state index < -0.39 is 17.5 Å². The summed E-state index contributed by atoms with van der Waals surface area (Å²) >= 11 is 11.8. The number of rotatable bonds is 4. The van der Waals surface area contributed by atoms with E-state index in [2.05, 4.69) is 10.3 Å². The smallest absolute Gasteiger partial charge is 0.408 e. The van der Waals surface area contributed by atoms with E-state index in [1.165, 1.54) is 13.3 Å². The third-order valence-electron chi connectivity index (χ3n) is 2.19. The van der Waals surface area contributed by atoms with Crippen molar-refractivity contribution in [2.75, 3.05) is 13.7 Å². The third-order valence-corrected chi connectivity index (χ3v) is 2.81. The van der Waals surface area contributed by atoms with Gasteiger partial charge in [-0.25, -0.2) is 9.78 Å². The molecule has 0 unspecified atom stereocenters. The van der Waals surface area contributed by atoms with Crippen LogP contribution < -0.4 is 10.1 Å². The first-order valence-electron chi connectivity index (χ1n) is 6.03. The Morgan fingerprint density at radius 2 is 1.95 bits per heavy atom. The lowest BCUT2D eigenvalue weighted by Gasteiger charge is -2.19. The number of alkyl carbamates (subject to hydrolysis) is 1. The van der Waals surface area contributed by atoms with E-state index in [0.29, 0.717) is 0 Å². The van der Waals surface area contributed by atoms with E-state index in [1.54, 1.807) is 20.8 Å². The van der Waals surface area contributed by atoms with E-state index in [-0.39, 0.29) is 28.0 Å². The number of Topliss-reactive ketones (excluding diaryl/α,β-unsaturated/α-hetero) is 1. The van der Waals surface area contributed by atoms with Crippen LogP contribution in [0.2, 0.25) is 10.0 Å². The minimum Gasteiger partial charge on any atom is -0.493 e. The number of hydrogen-bond donors (Lipinski definition) is 1. The molecule has 1 aromatic rings. The maximum Gasteiger partial charge on any atom is 0.408 e. The number of carbonyl (C=O) groups excluding carboxylic acids is 2. The van der Waals surface area contributed by atoms with E-state index in [4.69, 9.17) is 32.7 Å². The number of nitrogens with zero attached hydrogens (tertiary/aromatic N) is 1. The summed E-state index contributed by atoms with van der Waals surface area (Å²) in [7, 11) is 1.38. The molecule has 0 spiro atoms. The van der Waals surface area contributed by atoms with E-state index in [9.17, 15) is 9.59 Å². The summed E-state index contributed by atoms with van der Waals surface area (Å²) in [5, 5.41) is 2.53. The normalized spacial score (nSPS) is 11.0. The number of pyridine rings is 1. The van der Waals surface area contributed by atoms with Crippen LogP contribution >= 0.6 is 23.2 Å². The summed E-state index contributed by atoms with van der Waals surface area (Å²) in [4.78, 5) is 27.3. The topological polar surface area (TPSA) is 77.5 Å². The van der Waals surface area contributed by atoms with Gasteiger partial charge in [0.25, 0.3) is 0 Å². The number of hydrogen-bond acceptors (Lipinski definition) is 5. The van der Waals surface area contributed by atoms with Crippen molar-refractivity contribution in [1.29, 1.82) is 0 Å². The van der Waals surface area contributed by atoms with Crippen LogP contribution in [0.1, 0.15) is 31.3 Å². The third kappa shape index (κ3) is 5.06. The fourth-order valence-corrected chi connectivity index (χ4v) is 1.98. The summed E-state index contributed by atoms with van der Waals surface area (Å²) in [6, 6.07) is 0. The molecule has 0 radical (unpaired) electrons. The lowest BCUT2D eigenvalue weighted by Crippen LogP contribution is -2.35. The van der Waals surface area contributed by atoms with Gasteiger partial charge in [0.1, 0.15) is 21.3 Å². The molecule has 8 heteroatoms. The van der Waals surface area contributed by atoms with E-state index in [1.807, 2.05) is 0 Å². The number of carbonyl (C=O) groups is 2. The van der Waals surface area contributed by atoms with E-state index >= 15 is 0 Å². The fraction of sp³-hybridized carbons (Fsp3) is 0.462. The van der Waals surface area contributed by atoms with Crippen molar-refractivity contribution >= 4 is 35.1 Å². The zero-order valence-electron chi connectivity index (χ0n) is 12.1. The minimum atomic E-state index is -0.701. The lowest BCUT2D eigenvalue weighted by atomic mass is 10.2. The molecular weight excluding hydrogens is 319 g/mol. The van der Waals surface area contributed by atoms with Crippen molar-refractivity contribution in [3.63, 3.8) is 0 Å². The first kappa shape index (κ1) is 17.5. The van der Waals surface area contributed by atoms with Crippen LogP contribution in [0.15, 0.2) is 6.20 Å². The van der Waals surface area contributed by atoms with Gasteiger partial charge in [-0.15, -0.1) is 0 Å². The highest BCUT2D eigenvalue weighted by atomic mass is 35.5. The zero-order valence-corrected chi connectivity index (χ0v) is 13.6. The maximum atomic E-state index is 12.0. The Morgan fingerprint density at radius 1 is 1.33 bits per heavy atom. The van der Waals surface area contributed by atoms with Gasteiger partial charge in [0.15, 0.2) is 5.75 Å². The van der Waals surface area contributed by atoms with Crippen LogP contribution in [0.3, 0.4) is 0 Å². The van der Waals surface area contributed by atoms with E-state index in [0.717, 1.165) is 0 Å². The Balaban J connectivity index is 2.75. The molecule has 0 saturated carbocycles. The molecule has 0 saturated heterocycles. The average Bonchev–Trinajstić information content (AvgIpc) is 2.34. The first-order chi connectivity index (χ1) is 9.65. The molecule has 0 fully saturated rings. The van der Waals surface area contributed by atoms with Crippen LogP contribution in [-0.4, -0.2) is 36.1 Å². The van der Waals surface area contributed by atoms with Crippen molar-refractivity contribution in [1.82, 2.24) is 10.3 Å². The standard InChI is InChI=1S/C13H16Cl2N2O4/c1-13(2,3)21-12(19)17-6-8(18)10-9(15)11(20-4)7(14)5-16-10/h5H,6H2,1-4H3,(H,17,19). The maximum absolute atomic E-state index is 12.0. The molecule has 6 nitrogen and oxygen atoms in total. The predicted molar refractivity (Wildman–Crippen MR) is 79.4 cm³/mol. The number of amides is 1. The number of nitrogens with one attached hydrogen (secondary N) is 1. The summed E-state index contributed by atoms with van der Waals surface area (Å²) < 4.78 is 10.0. The Hall–Kier alpha value is -1.53. The Kier molecular flexibility index (Phi) is 5.80. The first-order valence-corrected chi connectivity index (χ1v) is 6.79. The van der Waals surface area contributed by atoms with Gasteiger partial charge in [-0.3, -0.25) is 4.79 Å². The van der Waals surface area contributed by atoms with Crippen molar-refractivity contribution in [3.05, 3.63) is 21.9 Å².